The maximum absolute atomic E-state index is 12.6. The van der Waals surface area contributed by atoms with Crippen molar-refractivity contribution in [2.75, 3.05) is 0 Å². The zero-order chi connectivity index (χ0) is 16.7. The Morgan fingerprint density at radius 2 is 1.75 bits per heavy atom. The molecule has 0 fully saturated rings. The van der Waals surface area contributed by atoms with E-state index in [1.807, 2.05) is 6.07 Å². The van der Waals surface area contributed by atoms with Crippen LogP contribution in [0.3, 0.4) is 0 Å². The Balaban J connectivity index is 1.95. The number of fused-ring (bicyclic) bond motifs is 3. The van der Waals surface area contributed by atoms with E-state index < -0.39 is 11.4 Å². The van der Waals surface area contributed by atoms with Gasteiger partial charge >= 0.3 is 5.63 Å². The number of para-hydroxylation sites is 2. The predicted octanol–water partition coefficient (Wildman–Crippen LogP) is 3.28. The van der Waals surface area contributed by atoms with Crippen LogP contribution >= 0.6 is 0 Å². The van der Waals surface area contributed by atoms with Crippen LogP contribution in [0.15, 0.2) is 70.0 Å². The molecule has 0 spiro atoms. The van der Waals surface area contributed by atoms with Gasteiger partial charge in [0.05, 0.1) is 16.5 Å². The molecule has 0 amide bonds. The van der Waals surface area contributed by atoms with Crippen LogP contribution in [0, 0.1) is 0 Å². The lowest BCUT2D eigenvalue weighted by molar-refractivity contribution is 0.103. The van der Waals surface area contributed by atoms with E-state index in [9.17, 15) is 14.7 Å². The molecule has 5 heteroatoms. The van der Waals surface area contributed by atoms with Gasteiger partial charge in [0.25, 0.3) is 0 Å². The summed E-state index contributed by atoms with van der Waals surface area (Å²) in [6.45, 7) is 0. The number of nitrogens with zero attached hydrogens (tertiary/aromatic N) is 1. The molecule has 0 saturated carbocycles. The Morgan fingerprint density at radius 1 is 1.00 bits per heavy atom. The standard InChI is InChI=1S/C19H11NO4/c21-15-7-3-1-5-12(15)18(22)11-9-14-17(20-10-11)13-6-2-4-8-16(13)24-19(14)23/h1-10,21H. The summed E-state index contributed by atoms with van der Waals surface area (Å²) in [7, 11) is 0. The van der Waals surface area contributed by atoms with Gasteiger partial charge in [-0.25, -0.2) is 4.79 Å². The summed E-state index contributed by atoms with van der Waals surface area (Å²) >= 11 is 0. The van der Waals surface area contributed by atoms with Crippen molar-refractivity contribution in [3.05, 3.63) is 82.3 Å². The van der Waals surface area contributed by atoms with Crippen molar-refractivity contribution >= 4 is 27.7 Å². The third-order valence-electron chi connectivity index (χ3n) is 3.86. The number of ketones is 1. The van der Waals surface area contributed by atoms with Gasteiger partial charge in [0.15, 0.2) is 5.78 Å². The van der Waals surface area contributed by atoms with Crippen molar-refractivity contribution in [3.8, 4) is 5.75 Å². The smallest absolute Gasteiger partial charge is 0.345 e. The summed E-state index contributed by atoms with van der Waals surface area (Å²) in [6, 6.07) is 14.8. The van der Waals surface area contributed by atoms with E-state index in [4.69, 9.17) is 4.42 Å². The number of carbonyl (C=O) groups is 1. The number of hydrogen-bond donors (Lipinski definition) is 1. The highest BCUT2D eigenvalue weighted by atomic mass is 16.4. The molecule has 0 saturated heterocycles. The molecule has 0 radical (unpaired) electrons. The van der Waals surface area contributed by atoms with Crippen molar-refractivity contribution in [1.82, 2.24) is 4.98 Å². The maximum Gasteiger partial charge on any atom is 0.345 e. The summed E-state index contributed by atoms with van der Waals surface area (Å²) in [6.07, 6.45) is 1.41. The average molecular weight is 317 g/mol. The minimum absolute atomic E-state index is 0.117. The van der Waals surface area contributed by atoms with Crippen LogP contribution in [0.4, 0.5) is 0 Å². The summed E-state index contributed by atoms with van der Waals surface area (Å²) < 4.78 is 5.28. The third kappa shape index (κ3) is 2.14. The van der Waals surface area contributed by atoms with E-state index in [0.29, 0.717) is 16.5 Å². The van der Waals surface area contributed by atoms with Gasteiger partial charge in [-0.1, -0.05) is 24.3 Å². The Bertz CT molecular complexity index is 1160. The molecular formula is C19H11NO4. The molecule has 1 N–H and O–H groups in total. The highest BCUT2D eigenvalue weighted by molar-refractivity contribution is 6.12. The molecule has 0 atom stereocenters. The molecule has 2 aromatic heterocycles. The number of hydrogen-bond acceptors (Lipinski definition) is 5. The molecule has 2 aromatic carbocycles. The molecule has 24 heavy (non-hydrogen) atoms. The number of pyridine rings is 1. The fourth-order valence-electron chi connectivity index (χ4n) is 2.69. The summed E-state index contributed by atoms with van der Waals surface area (Å²) in [5.74, 6) is -0.525. The van der Waals surface area contributed by atoms with E-state index in [2.05, 4.69) is 4.98 Å². The number of rotatable bonds is 2. The molecule has 0 aliphatic carbocycles. The zero-order valence-corrected chi connectivity index (χ0v) is 12.4. The Hall–Kier alpha value is -3.47. The third-order valence-corrected chi connectivity index (χ3v) is 3.86. The van der Waals surface area contributed by atoms with Crippen LogP contribution < -0.4 is 5.63 Å². The Morgan fingerprint density at radius 3 is 2.58 bits per heavy atom. The Kier molecular flexibility index (Phi) is 3.13. The monoisotopic (exact) mass is 317 g/mol. The molecule has 116 valence electrons. The van der Waals surface area contributed by atoms with Gasteiger partial charge in [0.2, 0.25) is 0 Å². The molecule has 4 aromatic rings. The lowest BCUT2D eigenvalue weighted by Crippen LogP contribution is -2.06. The normalized spacial score (nSPS) is 11.0. The number of phenols is 1. The second-order valence-electron chi connectivity index (χ2n) is 5.35. The predicted molar refractivity (Wildman–Crippen MR) is 89.3 cm³/mol. The highest BCUT2D eigenvalue weighted by Gasteiger charge is 2.16. The van der Waals surface area contributed by atoms with Gasteiger partial charge in [-0.05, 0) is 30.3 Å². The highest BCUT2D eigenvalue weighted by Crippen LogP contribution is 2.24. The molecular weight excluding hydrogens is 306 g/mol. The van der Waals surface area contributed by atoms with Crippen LogP contribution in [0.5, 0.6) is 5.75 Å². The Labute approximate surface area is 135 Å². The lowest BCUT2D eigenvalue weighted by atomic mass is 10.0. The van der Waals surface area contributed by atoms with Crippen molar-refractivity contribution in [2.45, 2.75) is 0 Å². The average Bonchev–Trinajstić information content (AvgIpc) is 2.61. The second kappa shape index (κ2) is 5.31. The molecule has 0 bridgehead atoms. The SMILES string of the molecule is O=C(c1cnc2c(c1)c(=O)oc1ccccc12)c1ccccc1O. The molecule has 0 unspecified atom stereocenters. The molecule has 2 heterocycles. The molecule has 4 rings (SSSR count). The van der Waals surface area contributed by atoms with Crippen LogP contribution in [-0.4, -0.2) is 15.9 Å². The van der Waals surface area contributed by atoms with Gasteiger partial charge in [-0.2, -0.15) is 0 Å². The minimum Gasteiger partial charge on any atom is -0.507 e. The number of aromatic nitrogens is 1. The van der Waals surface area contributed by atoms with Crippen LogP contribution in [0.1, 0.15) is 15.9 Å². The fraction of sp³-hybridized carbons (Fsp3) is 0. The topological polar surface area (TPSA) is 80.4 Å². The summed E-state index contributed by atoms with van der Waals surface area (Å²) in [4.78, 5) is 29.0. The molecule has 0 aliphatic heterocycles. The number of benzene rings is 2. The first-order valence-corrected chi connectivity index (χ1v) is 7.29. The van der Waals surface area contributed by atoms with E-state index in [-0.39, 0.29) is 22.3 Å². The van der Waals surface area contributed by atoms with Gasteiger partial charge in [0, 0.05) is 17.1 Å². The summed E-state index contributed by atoms with van der Waals surface area (Å²) in [5, 5.41) is 10.8. The quantitative estimate of drug-likeness (QED) is 0.348. The molecule has 0 aliphatic rings. The first-order chi connectivity index (χ1) is 11.6. The lowest BCUT2D eigenvalue weighted by Gasteiger charge is -2.05. The summed E-state index contributed by atoms with van der Waals surface area (Å²) in [5.41, 5.74) is 0.747. The maximum atomic E-state index is 12.6. The number of carbonyl (C=O) groups excluding carboxylic acids is 1. The van der Waals surface area contributed by atoms with E-state index in [0.717, 1.165) is 0 Å². The van der Waals surface area contributed by atoms with Crippen molar-refractivity contribution in [2.24, 2.45) is 0 Å². The van der Waals surface area contributed by atoms with E-state index in [1.165, 1.54) is 24.4 Å². The molecule has 5 nitrogen and oxygen atoms in total. The van der Waals surface area contributed by atoms with Gasteiger partial charge in [-0.15, -0.1) is 0 Å². The van der Waals surface area contributed by atoms with Crippen LogP contribution in [-0.2, 0) is 0 Å². The minimum atomic E-state index is -0.553. The van der Waals surface area contributed by atoms with E-state index >= 15 is 0 Å². The first-order valence-electron chi connectivity index (χ1n) is 7.29. The van der Waals surface area contributed by atoms with Crippen molar-refractivity contribution < 1.29 is 14.3 Å². The van der Waals surface area contributed by atoms with E-state index in [1.54, 1.807) is 30.3 Å². The second-order valence-corrected chi connectivity index (χ2v) is 5.35. The largest absolute Gasteiger partial charge is 0.507 e. The number of phenolic OH excluding ortho intramolecular Hbond substituents is 1. The van der Waals surface area contributed by atoms with Crippen LogP contribution in [0.25, 0.3) is 21.9 Å². The van der Waals surface area contributed by atoms with Crippen LogP contribution in [0.2, 0.25) is 0 Å². The van der Waals surface area contributed by atoms with Gasteiger partial charge < -0.3 is 9.52 Å². The van der Waals surface area contributed by atoms with Gasteiger partial charge in [-0.3, -0.25) is 9.78 Å². The number of aromatic hydroxyl groups is 1. The van der Waals surface area contributed by atoms with Crippen molar-refractivity contribution in [3.63, 3.8) is 0 Å². The first kappa shape index (κ1) is 14.1. The fourth-order valence-corrected chi connectivity index (χ4v) is 2.69. The van der Waals surface area contributed by atoms with Crippen molar-refractivity contribution in [1.29, 1.82) is 0 Å². The zero-order valence-electron chi connectivity index (χ0n) is 12.4. The van der Waals surface area contributed by atoms with Gasteiger partial charge in [0.1, 0.15) is 11.3 Å².